The fourth-order valence-corrected chi connectivity index (χ4v) is 4.62. The Balaban J connectivity index is 1.63. The number of ether oxygens (including phenoxy) is 1. The van der Waals surface area contributed by atoms with Crippen molar-refractivity contribution in [3.8, 4) is 17.2 Å². The standard InChI is InChI=1S/C26H29N3O4S/c1-2-3-4-5-6-12-20-32-24-18-13-19-25(33-34(30,31)21-14-8-7-9-15-21)26(24)29-27-22-16-10-11-17-23(22)28-29/h7-11,13-19H,2-6,12,20H2,1H3. The molecule has 1 heterocycles. The molecule has 0 aliphatic carbocycles. The molecule has 0 aliphatic rings. The van der Waals surface area contributed by atoms with Gasteiger partial charge in [-0.3, -0.25) is 0 Å². The smallest absolute Gasteiger partial charge is 0.339 e. The van der Waals surface area contributed by atoms with Crippen LogP contribution in [-0.4, -0.2) is 30.0 Å². The van der Waals surface area contributed by atoms with Crippen LogP contribution in [0.2, 0.25) is 0 Å². The molecule has 0 unspecified atom stereocenters. The highest BCUT2D eigenvalue weighted by molar-refractivity contribution is 7.87. The first-order valence-electron chi connectivity index (χ1n) is 11.7. The molecule has 0 N–H and O–H groups in total. The lowest BCUT2D eigenvalue weighted by Gasteiger charge is -2.15. The summed E-state index contributed by atoms with van der Waals surface area (Å²) in [6, 6.07) is 20.6. The summed E-state index contributed by atoms with van der Waals surface area (Å²) in [4.78, 5) is 1.45. The van der Waals surface area contributed by atoms with Gasteiger partial charge in [-0.15, -0.1) is 15.0 Å². The van der Waals surface area contributed by atoms with Crippen LogP contribution in [0.5, 0.6) is 11.5 Å². The molecule has 34 heavy (non-hydrogen) atoms. The lowest BCUT2D eigenvalue weighted by Crippen LogP contribution is -2.13. The van der Waals surface area contributed by atoms with E-state index in [2.05, 4.69) is 17.1 Å². The largest absolute Gasteiger partial charge is 0.491 e. The van der Waals surface area contributed by atoms with E-state index in [1.165, 1.54) is 42.6 Å². The zero-order chi connectivity index (χ0) is 23.8. The summed E-state index contributed by atoms with van der Waals surface area (Å²) in [5.41, 5.74) is 1.72. The Morgan fingerprint density at radius 1 is 0.735 bits per heavy atom. The monoisotopic (exact) mass is 479 g/mol. The van der Waals surface area contributed by atoms with Crippen molar-refractivity contribution in [1.82, 2.24) is 15.0 Å². The third-order valence-electron chi connectivity index (χ3n) is 5.44. The van der Waals surface area contributed by atoms with E-state index >= 15 is 0 Å². The van der Waals surface area contributed by atoms with Gasteiger partial charge < -0.3 is 8.92 Å². The van der Waals surface area contributed by atoms with Crippen molar-refractivity contribution in [3.05, 3.63) is 72.8 Å². The molecular formula is C26H29N3O4S. The third-order valence-corrected chi connectivity index (χ3v) is 6.68. The van der Waals surface area contributed by atoms with Crippen molar-refractivity contribution >= 4 is 21.2 Å². The minimum Gasteiger partial charge on any atom is -0.491 e. The zero-order valence-electron chi connectivity index (χ0n) is 19.3. The van der Waals surface area contributed by atoms with Crippen LogP contribution in [0.4, 0.5) is 0 Å². The normalized spacial score (nSPS) is 11.6. The summed E-state index contributed by atoms with van der Waals surface area (Å²) in [6.07, 6.45) is 6.85. The second kappa shape index (κ2) is 11.2. The quantitative estimate of drug-likeness (QED) is 0.185. The van der Waals surface area contributed by atoms with Crippen LogP contribution in [0.1, 0.15) is 45.4 Å². The van der Waals surface area contributed by atoms with Crippen LogP contribution in [0.3, 0.4) is 0 Å². The average Bonchev–Trinajstić information content (AvgIpc) is 3.28. The predicted octanol–water partition coefficient (Wildman–Crippen LogP) is 5.93. The van der Waals surface area contributed by atoms with Crippen LogP contribution >= 0.6 is 0 Å². The summed E-state index contributed by atoms with van der Waals surface area (Å²) in [5.74, 6) is 0.569. The molecule has 0 atom stereocenters. The second-order valence-corrected chi connectivity index (χ2v) is 9.59. The maximum Gasteiger partial charge on any atom is 0.339 e. The highest BCUT2D eigenvalue weighted by atomic mass is 32.2. The van der Waals surface area contributed by atoms with E-state index in [9.17, 15) is 8.42 Å². The van der Waals surface area contributed by atoms with Crippen molar-refractivity contribution in [2.45, 2.75) is 50.3 Å². The Bertz CT molecular complexity index is 1290. The molecule has 0 radical (unpaired) electrons. The van der Waals surface area contributed by atoms with Gasteiger partial charge in [0.15, 0.2) is 17.2 Å². The van der Waals surface area contributed by atoms with Crippen molar-refractivity contribution in [1.29, 1.82) is 0 Å². The molecule has 4 rings (SSSR count). The molecule has 1 aromatic heterocycles. The molecule has 0 saturated carbocycles. The number of benzene rings is 3. The van der Waals surface area contributed by atoms with E-state index in [1.54, 1.807) is 36.4 Å². The Labute approximate surface area is 200 Å². The number of unbranched alkanes of at least 4 members (excludes halogenated alkanes) is 5. The van der Waals surface area contributed by atoms with E-state index in [4.69, 9.17) is 8.92 Å². The molecule has 0 bridgehead atoms. The zero-order valence-corrected chi connectivity index (χ0v) is 20.1. The van der Waals surface area contributed by atoms with Crippen LogP contribution in [-0.2, 0) is 10.1 Å². The van der Waals surface area contributed by atoms with Gasteiger partial charge in [0.05, 0.1) is 6.61 Å². The Hall–Kier alpha value is -3.39. The Kier molecular flexibility index (Phi) is 7.80. The minimum atomic E-state index is -4.05. The minimum absolute atomic E-state index is 0.0675. The molecular weight excluding hydrogens is 450 g/mol. The first kappa shape index (κ1) is 23.8. The number of hydrogen-bond acceptors (Lipinski definition) is 6. The van der Waals surface area contributed by atoms with Gasteiger partial charge in [0.2, 0.25) is 0 Å². The van der Waals surface area contributed by atoms with E-state index in [0.717, 1.165) is 12.8 Å². The fourth-order valence-electron chi connectivity index (χ4n) is 3.66. The van der Waals surface area contributed by atoms with Gasteiger partial charge in [-0.2, -0.15) is 8.42 Å². The number of rotatable bonds is 12. The van der Waals surface area contributed by atoms with E-state index in [0.29, 0.717) is 29.1 Å². The number of aromatic nitrogens is 3. The second-order valence-electron chi connectivity index (χ2n) is 8.05. The molecule has 7 nitrogen and oxygen atoms in total. The summed E-state index contributed by atoms with van der Waals surface area (Å²) in [7, 11) is -4.05. The molecule has 0 aliphatic heterocycles. The fraction of sp³-hybridized carbons (Fsp3) is 0.308. The Morgan fingerprint density at radius 3 is 2.06 bits per heavy atom. The maximum atomic E-state index is 12.9. The molecule has 0 saturated heterocycles. The van der Waals surface area contributed by atoms with Crippen LogP contribution in [0.15, 0.2) is 77.7 Å². The van der Waals surface area contributed by atoms with Gasteiger partial charge in [0, 0.05) is 0 Å². The van der Waals surface area contributed by atoms with Crippen LogP contribution < -0.4 is 8.92 Å². The van der Waals surface area contributed by atoms with Crippen molar-refractivity contribution in [2.75, 3.05) is 6.61 Å². The van der Waals surface area contributed by atoms with Gasteiger partial charge in [-0.05, 0) is 42.8 Å². The number of fused-ring (bicyclic) bond motifs is 1. The van der Waals surface area contributed by atoms with E-state index in [1.807, 2.05) is 24.3 Å². The number of nitrogens with zero attached hydrogens (tertiary/aromatic N) is 3. The van der Waals surface area contributed by atoms with Gasteiger partial charge in [0.25, 0.3) is 0 Å². The highest BCUT2D eigenvalue weighted by Gasteiger charge is 2.23. The lowest BCUT2D eigenvalue weighted by molar-refractivity contribution is 0.301. The topological polar surface area (TPSA) is 83.3 Å². The predicted molar refractivity (Wildman–Crippen MR) is 132 cm³/mol. The summed E-state index contributed by atoms with van der Waals surface area (Å²) in [5, 5.41) is 9.07. The first-order valence-corrected chi connectivity index (χ1v) is 13.1. The first-order chi connectivity index (χ1) is 16.6. The average molecular weight is 480 g/mol. The lowest BCUT2D eigenvalue weighted by atomic mass is 10.1. The highest BCUT2D eigenvalue weighted by Crippen LogP contribution is 2.34. The molecule has 178 valence electrons. The summed E-state index contributed by atoms with van der Waals surface area (Å²) in [6.45, 7) is 2.71. The summed E-state index contributed by atoms with van der Waals surface area (Å²) < 4.78 is 37.5. The SMILES string of the molecule is CCCCCCCCOc1cccc(OS(=O)(=O)c2ccccc2)c1-n1nc2ccccc2n1. The van der Waals surface area contributed by atoms with Crippen molar-refractivity contribution in [2.24, 2.45) is 0 Å². The van der Waals surface area contributed by atoms with Crippen molar-refractivity contribution in [3.63, 3.8) is 0 Å². The Morgan fingerprint density at radius 2 is 1.35 bits per heavy atom. The molecule has 0 spiro atoms. The summed E-state index contributed by atoms with van der Waals surface area (Å²) >= 11 is 0. The van der Waals surface area contributed by atoms with Crippen LogP contribution in [0.25, 0.3) is 16.7 Å². The van der Waals surface area contributed by atoms with Gasteiger partial charge in [0.1, 0.15) is 15.9 Å². The van der Waals surface area contributed by atoms with E-state index < -0.39 is 10.1 Å². The molecule has 4 aromatic rings. The third kappa shape index (κ3) is 5.75. The van der Waals surface area contributed by atoms with Gasteiger partial charge in [-0.25, -0.2) is 0 Å². The van der Waals surface area contributed by atoms with E-state index in [-0.39, 0.29) is 10.6 Å². The molecule has 0 fully saturated rings. The number of para-hydroxylation sites is 1. The number of hydrogen-bond donors (Lipinski definition) is 0. The van der Waals surface area contributed by atoms with Crippen LogP contribution in [0, 0.1) is 0 Å². The van der Waals surface area contributed by atoms with Gasteiger partial charge >= 0.3 is 10.1 Å². The van der Waals surface area contributed by atoms with Crippen molar-refractivity contribution < 1.29 is 17.3 Å². The molecule has 8 heteroatoms. The maximum absolute atomic E-state index is 12.9. The molecule has 0 amide bonds. The van der Waals surface area contributed by atoms with Gasteiger partial charge in [-0.1, -0.05) is 75.4 Å². The molecule has 3 aromatic carbocycles.